The molecule has 5 heteroatoms. The number of H-pyrrole nitrogens is 1. The van der Waals surface area contributed by atoms with E-state index >= 15 is 0 Å². The minimum absolute atomic E-state index is 0.309. The summed E-state index contributed by atoms with van der Waals surface area (Å²) in [4.78, 5) is 0. The van der Waals surface area contributed by atoms with Crippen LogP contribution in [-0.2, 0) is 0 Å². The summed E-state index contributed by atoms with van der Waals surface area (Å²) in [6, 6.07) is 14.6. The maximum absolute atomic E-state index is 14.1. The topological polar surface area (TPSA) is 33.6 Å². The van der Waals surface area contributed by atoms with Crippen molar-refractivity contribution in [2.24, 2.45) is 0 Å². The predicted octanol–water partition coefficient (Wildman–Crippen LogP) is 4.04. The Morgan fingerprint density at radius 1 is 1.15 bits per heavy atom. The molecule has 0 spiro atoms. The highest BCUT2D eigenvalue weighted by Crippen LogP contribution is 2.24. The van der Waals surface area contributed by atoms with Gasteiger partial charge in [-0.15, -0.1) is 0 Å². The second-order valence-electron chi connectivity index (χ2n) is 4.51. The zero-order valence-corrected chi connectivity index (χ0v) is 11.6. The second-order valence-corrected chi connectivity index (χ2v) is 4.89. The van der Waals surface area contributed by atoms with Crippen LogP contribution in [0.3, 0.4) is 0 Å². The number of nitrogens with one attached hydrogen (secondary N) is 1. The van der Waals surface area contributed by atoms with Crippen molar-refractivity contribution < 1.29 is 4.39 Å². The fraction of sp³-hybridized carbons (Fsp3) is 0.0667. The summed E-state index contributed by atoms with van der Waals surface area (Å²) in [6.45, 7) is 1.85. The van der Waals surface area contributed by atoms with Crippen molar-refractivity contribution in [1.82, 2.24) is 14.8 Å². The van der Waals surface area contributed by atoms with Gasteiger partial charge in [0.2, 0.25) is 0 Å². The number of para-hydroxylation sites is 1. The third-order valence-electron chi connectivity index (χ3n) is 3.05. The van der Waals surface area contributed by atoms with Crippen LogP contribution in [0.1, 0.15) is 5.56 Å². The molecule has 0 atom stereocenters. The lowest BCUT2D eigenvalue weighted by molar-refractivity contribution is 0.628. The van der Waals surface area contributed by atoms with Crippen LogP contribution in [0.2, 0.25) is 0 Å². The number of hydrogen-bond donors (Lipinski definition) is 1. The van der Waals surface area contributed by atoms with Gasteiger partial charge >= 0.3 is 0 Å². The standard InChI is InChI=1S/C15H12FN3S/c1-10-7-8-12(13(16)9-10)14-17-18-15(20)19(14)11-5-3-2-4-6-11/h2-9H,1H3,(H,18,20). The molecular weight excluding hydrogens is 273 g/mol. The minimum Gasteiger partial charge on any atom is -0.268 e. The van der Waals surface area contributed by atoms with E-state index in [0.717, 1.165) is 11.3 Å². The second kappa shape index (κ2) is 5.02. The molecule has 1 heterocycles. The van der Waals surface area contributed by atoms with Crippen LogP contribution in [0.4, 0.5) is 4.39 Å². The number of nitrogens with zero attached hydrogens (tertiary/aromatic N) is 2. The van der Waals surface area contributed by atoms with Crippen molar-refractivity contribution >= 4 is 12.2 Å². The maximum atomic E-state index is 14.1. The predicted molar refractivity (Wildman–Crippen MR) is 78.9 cm³/mol. The van der Waals surface area contributed by atoms with Gasteiger partial charge in [0.05, 0.1) is 5.56 Å². The van der Waals surface area contributed by atoms with Gasteiger partial charge in [-0.25, -0.2) is 4.39 Å². The van der Waals surface area contributed by atoms with E-state index in [-0.39, 0.29) is 5.82 Å². The molecule has 0 fully saturated rings. The Balaban J connectivity index is 2.24. The fourth-order valence-electron chi connectivity index (χ4n) is 2.10. The Kier molecular flexibility index (Phi) is 3.20. The summed E-state index contributed by atoms with van der Waals surface area (Å²) < 4.78 is 16.3. The third-order valence-corrected chi connectivity index (χ3v) is 3.33. The number of benzene rings is 2. The van der Waals surface area contributed by atoms with E-state index in [4.69, 9.17) is 12.2 Å². The number of aryl methyl sites for hydroxylation is 1. The average Bonchev–Trinajstić information content (AvgIpc) is 2.81. The number of aromatic nitrogens is 3. The van der Waals surface area contributed by atoms with Gasteiger partial charge in [-0.1, -0.05) is 24.3 Å². The lowest BCUT2D eigenvalue weighted by atomic mass is 10.1. The highest BCUT2D eigenvalue weighted by Gasteiger charge is 2.14. The zero-order valence-electron chi connectivity index (χ0n) is 10.8. The first-order valence-electron chi connectivity index (χ1n) is 6.16. The Morgan fingerprint density at radius 2 is 1.90 bits per heavy atom. The molecule has 0 aliphatic heterocycles. The van der Waals surface area contributed by atoms with E-state index in [0.29, 0.717) is 16.2 Å². The zero-order chi connectivity index (χ0) is 14.1. The summed E-state index contributed by atoms with van der Waals surface area (Å²) in [5, 5.41) is 6.88. The lowest BCUT2D eigenvalue weighted by Crippen LogP contribution is -1.99. The van der Waals surface area contributed by atoms with Crippen molar-refractivity contribution in [3.05, 3.63) is 64.7 Å². The first-order chi connectivity index (χ1) is 9.66. The molecular formula is C15H12FN3S. The van der Waals surface area contributed by atoms with Crippen molar-refractivity contribution in [3.63, 3.8) is 0 Å². The van der Waals surface area contributed by atoms with Crippen molar-refractivity contribution in [2.75, 3.05) is 0 Å². The first kappa shape index (κ1) is 12.7. The average molecular weight is 285 g/mol. The Bertz CT molecular complexity index is 805. The quantitative estimate of drug-likeness (QED) is 0.721. The smallest absolute Gasteiger partial charge is 0.200 e. The fourth-order valence-corrected chi connectivity index (χ4v) is 2.33. The maximum Gasteiger partial charge on any atom is 0.200 e. The van der Waals surface area contributed by atoms with E-state index in [1.807, 2.05) is 43.3 Å². The largest absolute Gasteiger partial charge is 0.268 e. The number of hydrogen-bond acceptors (Lipinski definition) is 2. The highest BCUT2D eigenvalue weighted by molar-refractivity contribution is 7.71. The van der Waals surface area contributed by atoms with E-state index in [2.05, 4.69) is 10.2 Å². The van der Waals surface area contributed by atoms with Crippen molar-refractivity contribution in [1.29, 1.82) is 0 Å². The first-order valence-corrected chi connectivity index (χ1v) is 6.57. The minimum atomic E-state index is -0.309. The van der Waals surface area contributed by atoms with Gasteiger partial charge in [0.1, 0.15) is 5.82 Å². The number of aromatic amines is 1. The normalized spacial score (nSPS) is 10.7. The number of rotatable bonds is 2. The molecule has 0 saturated heterocycles. The van der Waals surface area contributed by atoms with Crippen molar-refractivity contribution in [2.45, 2.75) is 6.92 Å². The Hall–Kier alpha value is -2.27. The van der Waals surface area contributed by atoms with Gasteiger partial charge in [-0.05, 0) is 49.0 Å². The van der Waals surface area contributed by atoms with Crippen LogP contribution in [0.5, 0.6) is 0 Å². The third kappa shape index (κ3) is 2.16. The molecule has 0 unspecified atom stereocenters. The van der Waals surface area contributed by atoms with Crippen LogP contribution in [0, 0.1) is 17.5 Å². The lowest BCUT2D eigenvalue weighted by Gasteiger charge is -2.07. The monoisotopic (exact) mass is 285 g/mol. The molecule has 20 heavy (non-hydrogen) atoms. The van der Waals surface area contributed by atoms with Crippen LogP contribution >= 0.6 is 12.2 Å². The molecule has 0 radical (unpaired) electrons. The SMILES string of the molecule is Cc1ccc(-c2n[nH]c(=S)n2-c2ccccc2)c(F)c1. The molecule has 0 aliphatic carbocycles. The van der Waals surface area contributed by atoms with E-state index < -0.39 is 0 Å². The summed E-state index contributed by atoms with van der Waals surface area (Å²) in [7, 11) is 0. The van der Waals surface area contributed by atoms with E-state index in [1.54, 1.807) is 10.6 Å². The molecule has 3 aromatic rings. The molecule has 1 N–H and O–H groups in total. The van der Waals surface area contributed by atoms with Gasteiger partial charge in [-0.2, -0.15) is 5.10 Å². The molecule has 0 saturated carbocycles. The van der Waals surface area contributed by atoms with E-state index in [9.17, 15) is 4.39 Å². The molecule has 3 nitrogen and oxygen atoms in total. The summed E-state index contributed by atoms with van der Waals surface area (Å²) >= 11 is 5.25. The van der Waals surface area contributed by atoms with Crippen molar-refractivity contribution in [3.8, 4) is 17.1 Å². The van der Waals surface area contributed by atoms with Gasteiger partial charge in [0.25, 0.3) is 0 Å². The molecule has 3 rings (SSSR count). The Labute approximate surface area is 120 Å². The van der Waals surface area contributed by atoms with Crippen LogP contribution in [0.15, 0.2) is 48.5 Å². The van der Waals surface area contributed by atoms with Gasteiger partial charge in [-0.3, -0.25) is 9.67 Å². The van der Waals surface area contributed by atoms with Gasteiger partial charge in [0.15, 0.2) is 10.6 Å². The van der Waals surface area contributed by atoms with Crippen LogP contribution in [-0.4, -0.2) is 14.8 Å². The summed E-state index contributed by atoms with van der Waals surface area (Å²) in [6.07, 6.45) is 0. The molecule has 0 aliphatic rings. The Morgan fingerprint density at radius 3 is 2.60 bits per heavy atom. The number of halogens is 1. The summed E-state index contributed by atoms with van der Waals surface area (Å²) in [5.41, 5.74) is 2.14. The van der Waals surface area contributed by atoms with Gasteiger partial charge < -0.3 is 0 Å². The highest BCUT2D eigenvalue weighted by atomic mass is 32.1. The van der Waals surface area contributed by atoms with Gasteiger partial charge in [0, 0.05) is 5.69 Å². The molecule has 0 amide bonds. The van der Waals surface area contributed by atoms with Crippen LogP contribution in [0.25, 0.3) is 17.1 Å². The molecule has 0 bridgehead atoms. The van der Waals surface area contributed by atoms with E-state index in [1.165, 1.54) is 6.07 Å². The molecule has 100 valence electrons. The summed E-state index contributed by atoms with van der Waals surface area (Å²) in [5.74, 6) is 0.162. The molecule has 2 aromatic carbocycles. The van der Waals surface area contributed by atoms with Crippen LogP contribution < -0.4 is 0 Å². The molecule has 1 aromatic heterocycles.